The van der Waals surface area contributed by atoms with E-state index in [1.54, 1.807) is 18.3 Å². The molecule has 1 saturated heterocycles. The molecule has 0 amide bonds. The normalized spacial score (nSPS) is 15.6. The van der Waals surface area contributed by atoms with Crippen LogP contribution in [0, 0.1) is 0 Å². The van der Waals surface area contributed by atoms with E-state index < -0.39 is 17.8 Å². The van der Waals surface area contributed by atoms with Gasteiger partial charge in [0.25, 0.3) is 0 Å². The number of anilines is 2. The Balaban J connectivity index is 1.90. The van der Waals surface area contributed by atoms with Crippen molar-refractivity contribution in [2.24, 2.45) is 0 Å². The molecule has 8 nitrogen and oxygen atoms in total. The molecule has 0 unspecified atom stereocenters. The number of nitrogens with zero attached hydrogens (tertiary/aromatic N) is 6. The van der Waals surface area contributed by atoms with Crippen LogP contribution in [0.1, 0.15) is 5.69 Å². The molecule has 0 aromatic carbocycles. The number of hydrogen-bond donors (Lipinski definition) is 1. The van der Waals surface area contributed by atoms with Gasteiger partial charge in [-0.25, -0.2) is 19.5 Å². The molecule has 3 aromatic heterocycles. The van der Waals surface area contributed by atoms with E-state index in [1.165, 1.54) is 4.52 Å². The molecular formula is C15H14F3N7O. The highest BCUT2D eigenvalue weighted by Crippen LogP contribution is 2.35. The second-order valence-corrected chi connectivity index (χ2v) is 5.68. The third-order valence-electron chi connectivity index (χ3n) is 4.00. The van der Waals surface area contributed by atoms with E-state index in [2.05, 4.69) is 20.1 Å². The van der Waals surface area contributed by atoms with Gasteiger partial charge in [0.15, 0.2) is 17.3 Å². The van der Waals surface area contributed by atoms with Crippen LogP contribution in [-0.4, -0.2) is 50.9 Å². The van der Waals surface area contributed by atoms with E-state index in [0.717, 1.165) is 6.20 Å². The van der Waals surface area contributed by atoms with Crippen molar-refractivity contribution in [1.82, 2.24) is 24.6 Å². The molecule has 1 fully saturated rings. The van der Waals surface area contributed by atoms with Crippen LogP contribution in [0.3, 0.4) is 0 Å². The zero-order valence-electron chi connectivity index (χ0n) is 13.4. The molecule has 1 aliphatic heterocycles. The van der Waals surface area contributed by atoms with Gasteiger partial charge < -0.3 is 15.4 Å². The zero-order valence-corrected chi connectivity index (χ0v) is 13.4. The van der Waals surface area contributed by atoms with E-state index in [1.807, 2.05) is 4.90 Å². The molecule has 4 heterocycles. The van der Waals surface area contributed by atoms with Crippen LogP contribution >= 0.6 is 0 Å². The summed E-state index contributed by atoms with van der Waals surface area (Å²) in [4.78, 5) is 13.4. The van der Waals surface area contributed by atoms with Gasteiger partial charge in [0.05, 0.1) is 18.8 Å². The summed E-state index contributed by atoms with van der Waals surface area (Å²) in [6.45, 7) is 2.21. The quantitative estimate of drug-likeness (QED) is 0.737. The first-order valence-corrected chi connectivity index (χ1v) is 7.81. The summed E-state index contributed by atoms with van der Waals surface area (Å²) in [7, 11) is 0. The van der Waals surface area contributed by atoms with Crippen molar-refractivity contribution in [1.29, 1.82) is 0 Å². The van der Waals surface area contributed by atoms with E-state index >= 15 is 0 Å². The number of morpholine rings is 1. The van der Waals surface area contributed by atoms with E-state index in [0.29, 0.717) is 37.6 Å². The first-order chi connectivity index (χ1) is 12.4. The van der Waals surface area contributed by atoms with Crippen molar-refractivity contribution in [2.75, 3.05) is 36.9 Å². The Hall–Kier alpha value is -2.95. The highest BCUT2D eigenvalue weighted by atomic mass is 19.4. The monoisotopic (exact) mass is 365 g/mol. The largest absolute Gasteiger partial charge is 0.434 e. The smallest absolute Gasteiger partial charge is 0.378 e. The van der Waals surface area contributed by atoms with Crippen molar-refractivity contribution >= 4 is 17.3 Å². The Morgan fingerprint density at radius 1 is 1.15 bits per heavy atom. The maximum Gasteiger partial charge on any atom is 0.434 e. The van der Waals surface area contributed by atoms with Crippen LogP contribution in [0.15, 0.2) is 24.5 Å². The molecule has 0 saturated carbocycles. The second kappa shape index (κ2) is 6.09. The molecule has 0 atom stereocenters. The third kappa shape index (κ3) is 2.90. The molecule has 0 spiro atoms. The summed E-state index contributed by atoms with van der Waals surface area (Å²) in [5.41, 5.74) is 4.54. The molecule has 11 heteroatoms. The molecule has 0 radical (unpaired) electrons. The SMILES string of the molecule is Nc1ncc(-c2nc(N3CCOCC3)c3cccn3n2)c(C(F)(F)F)n1. The van der Waals surface area contributed by atoms with Gasteiger partial charge in [-0.15, -0.1) is 5.10 Å². The molecule has 0 aliphatic carbocycles. The summed E-state index contributed by atoms with van der Waals surface area (Å²) >= 11 is 0. The van der Waals surface area contributed by atoms with Crippen LogP contribution in [-0.2, 0) is 10.9 Å². The van der Waals surface area contributed by atoms with E-state index in [9.17, 15) is 13.2 Å². The number of ether oxygens (including phenoxy) is 1. The number of aromatic nitrogens is 5. The number of hydrogen-bond acceptors (Lipinski definition) is 7. The number of rotatable bonds is 2. The number of halogens is 3. The number of nitrogen functional groups attached to an aromatic ring is 1. The number of fused-ring (bicyclic) bond motifs is 1. The van der Waals surface area contributed by atoms with Crippen LogP contribution in [0.5, 0.6) is 0 Å². The number of alkyl halides is 3. The second-order valence-electron chi connectivity index (χ2n) is 5.68. The first kappa shape index (κ1) is 16.5. The Kier molecular flexibility index (Phi) is 3.87. The lowest BCUT2D eigenvalue weighted by Crippen LogP contribution is -2.37. The molecule has 26 heavy (non-hydrogen) atoms. The van der Waals surface area contributed by atoms with Gasteiger partial charge >= 0.3 is 6.18 Å². The Labute approximate surface area is 145 Å². The molecule has 2 N–H and O–H groups in total. The van der Waals surface area contributed by atoms with Crippen molar-refractivity contribution in [3.8, 4) is 11.4 Å². The summed E-state index contributed by atoms with van der Waals surface area (Å²) in [5, 5.41) is 4.19. The van der Waals surface area contributed by atoms with Crippen molar-refractivity contribution in [3.63, 3.8) is 0 Å². The van der Waals surface area contributed by atoms with Gasteiger partial charge in [-0.2, -0.15) is 13.2 Å². The molecule has 136 valence electrons. The minimum absolute atomic E-state index is 0.123. The highest BCUT2D eigenvalue weighted by Gasteiger charge is 2.37. The predicted molar refractivity (Wildman–Crippen MR) is 86.5 cm³/mol. The maximum atomic E-state index is 13.4. The van der Waals surface area contributed by atoms with Gasteiger partial charge in [0.2, 0.25) is 5.95 Å². The molecular weight excluding hydrogens is 351 g/mol. The average molecular weight is 365 g/mol. The minimum Gasteiger partial charge on any atom is -0.378 e. The highest BCUT2D eigenvalue weighted by molar-refractivity contribution is 5.72. The predicted octanol–water partition coefficient (Wildman–Crippen LogP) is 1.62. The Bertz CT molecular complexity index is 950. The van der Waals surface area contributed by atoms with Gasteiger partial charge in [-0.3, -0.25) is 0 Å². The lowest BCUT2D eigenvalue weighted by molar-refractivity contribution is -0.140. The summed E-state index contributed by atoms with van der Waals surface area (Å²) in [6, 6.07) is 3.56. The van der Waals surface area contributed by atoms with E-state index in [-0.39, 0.29) is 11.4 Å². The standard InChI is InChI=1S/C15H14F3N7O/c16-15(17,18)11-9(8-20-14(19)21-11)12-22-13(24-4-6-26-7-5-24)10-2-1-3-25(10)23-12/h1-3,8H,4-7H2,(H2,19,20,21). The van der Waals surface area contributed by atoms with Crippen molar-refractivity contribution < 1.29 is 17.9 Å². The summed E-state index contributed by atoms with van der Waals surface area (Å²) in [5.74, 6) is -0.0488. The zero-order chi connectivity index (χ0) is 18.3. The fraction of sp³-hybridized carbons (Fsp3) is 0.333. The molecule has 0 bridgehead atoms. The van der Waals surface area contributed by atoms with Gasteiger partial charge in [-0.1, -0.05) is 0 Å². The first-order valence-electron chi connectivity index (χ1n) is 7.81. The third-order valence-corrected chi connectivity index (χ3v) is 4.00. The lowest BCUT2D eigenvalue weighted by Gasteiger charge is -2.28. The fourth-order valence-corrected chi connectivity index (χ4v) is 2.82. The van der Waals surface area contributed by atoms with Crippen LogP contribution in [0.4, 0.5) is 24.9 Å². The molecule has 4 rings (SSSR count). The topological polar surface area (TPSA) is 94.5 Å². The Morgan fingerprint density at radius 2 is 1.92 bits per heavy atom. The van der Waals surface area contributed by atoms with E-state index in [4.69, 9.17) is 10.5 Å². The van der Waals surface area contributed by atoms with Crippen molar-refractivity contribution in [3.05, 3.63) is 30.2 Å². The lowest BCUT2D eigenvalue weighted by atomic mass is 10.2. The Morgan fingerprint density at radius 3 is 2.65 bits per heavy atom. The molecule has 1 aliphatic rings. The van der Waals surface area contributed by atoms with Gasteiger partial charge in [0, 0.05) is 25.5 Å². The molecule has 3 aromatic rings. The average Bonchev–Trinajstić information content (AvgIpc) is 3.09. The van der Waals surface area contributed by atoms with Crippen LogP contribution < -0.4 is 10.6 Å². The van der Waals surface area contributed by atoms with Crippen LogP contribution in [0.25, 0.3) is 16.9 Å². The maximum absolute atomic E-state index is 13.4. The fourth-order valence-electron chi connectivity index (χ4n) is 2.82. The van der Waals surface area contributed by atoms with Gasteiger partial charge in [-0.05, 0) is 12.1 Å². The summed E-state index contributed by atoms with van der Waals surface area (Å²) < 4.78 is 47.0. The van der Waals surface area contributed by atoms with Crippen molar-refractivity contribution in [2.45, 2.75) is 6.18 Å². The minimum atomic E-state index is -4.71. The number of nitrogens with two attached hydrogens (primary N) is 1. The summed E-state index contributed by atoms with van der Waals surface area (Å²) in [6.07, 6.45) is -2.06. The van der Waals surface area contributed by atoms with Gasteiger partial charge in [0.1, 0.15) is 5.52 Å². The van der Waals surface area contributed by atoms with Crippen LogP contribution in [0.2, 0.25) is 0 Å².